The molecule has 1 saturated heterocycles. The summed E-state index contributed by atoms with van der Waals surface area (Å²) in [5.41, 5.74) is 4.33. The highest BCUT2D eigenvalue weighted by Gasteiger charge is 2.16. The van der Waals surface area contributed by atoms with E-state index in [2.05, 4.69) is 36.1 Å². The molecule has 0 unspecified atom stereocenters. The van der Waals surface area contributed by atoms with E-state index in [1.165, 1.54) is 43.5 Å². The predicted molar refractivity (Wildman–Crippen MR) is 114 cm³/mol. The van der Waals surface area contributed by atoms with Crippen molar-refractivity contribution in [2.24, 2.45) is 0 Å². The van der Waals surface area contributed by atoms with Gasteiger partial charge in [-0.25, -0.2) is 9.67 Å². The van der Waals surface area contributed by atoms with Crippen LogP contribution in [-0.4, -0.2) is 51.8 Å². The predicted octanol–water partition coefficient (Wildman–Crippen LogP) is 3.55. The number of nitrogens with zero attached hydrogens (tertiary/aromatic N) is 4. The van der Waals surface area contributed by atoms with Crippen molar-refractivity contribution in [1.29, 1.82) is 0 Å². The van der Waals surface area contributed by atoms with Gasteiger partial charge in [0, 0.05) is 30.1 Å². The molecule has 2 aromatic heterocycles. The van der Waals surface area contributed by atoms with E-state index in [1.54, 1.807) is 0 Å². The third kappa shape index (κ3) is 4.90. The summed E-state index contributed by atoms with van der Waals surface area (Å²) in [4.78, 5) is 19.6. The summed E-state index contributed by atoms with van der Waals surface area (Å²) < 4.78 is 1.97. The van der Waals surface area contributed by atoms with Crippen LogP contribution in [0.3, 0.4) is 0 Å². The number of piperidine rings is 1. The fourth-order valence-electron chi connectivity index (χ4n) is 4.18. The number of likely N-dealkylation sites (tertiary alicyclic amines) is 1. The summed E-state index contributed by atoms with van der Waals surface area (Å²) in [6, 6.07) is 0.283. The number of fused-ring (bicyclic) bond motifs is 1. The summed E-state index contributed by atoms with van der Waals surface area (Å²) in [7, 11) is 0. The minimum Gasteiger partial charge on any atom is -0.356 e. The van der Waals surface area contributed by atoms with Crippen molar-refractivity contribution in [1.82, 2.24) is 25.0 Å². The third-order valence-electron chi connectivity index (χ3n) is 5.85. The van der Waals surface area contributed by atoms with Crippen LogP contribution in [0.15, 0.2) is 6.20 Å². The van der Waals surface area contributed by atoms with E-state index in [9.17, 15) is 4.79 Å². The van der Waals surface area contributed by atoms with Crippen LogP contribution in [0.25, 0.3) is 11.0 Å². The summed E-state index contributed by atoms with van der Waals surface area (Å²) in [5, 5.41) is 8.67. The summed E-state index contributed by atoms with van der Waals surface area (Å²) in [6.07, 6.45) is 8.18. The number of rotatable bonds is 8. The molecule has 0 spiro atoms. The topological polar surface area (TPSA) is 63.1 Å². The third-order valence-corrected chi connectivity index (χ3v) is 5.85. The fraction of sp³-hybridized carbons (Fsp3) is 0.682. The second-order valence-corrected chi connectivity index (χ2v) is 8.33. The van der Waals surface area contributed by atoms with Crippen LogP contribution < -0.4 is 5.32 Å². The first-order valence-electron chi connectivity index (χ1n) is 10.8. The maximum absolute atomic E-state index is 12.3. The summed E-state index contributed by atoms with van der Waals surface area (Å²) >= 11 is 0. The molecule has 1 aliphatic rings. The first-order chi connectivity index (χ1) is 13.5. The van der Waals surface area contributed by atoms with Gasteiger partial charge in [0.1, 0.15) is 0 Å². The Hall–Kier alpha value is -1.95. The van der Waals surface area contributed by atoms with Crippen molar-refractivity contribution >= 4 is 16.9 Å². The zero-order valence-electron chi connectivity index (χ0n) is 17.9. The van der Waals surface area contributed by atoms with E-state index in [-0.39, 0.29) is 11.9 Å². The molecule has 1 aliphatic heterocycles. The molecule has 0 saturated carbocycles. The van der Waals surface area contributed by atoms with Gasteiger partial charge in [-0.1, -0.05) is 6.42 Å². The normalized spacial score (nSPS) is 15.5. The van der Waals surface area contributed by atoms with Crippen LogP contribution in [-0.2, 0) is 11.2 Å². The standard InChI is InChI=1S/C22H35N5O/c1-16(2)27-22-20(15-24-27)17(3)19(18(4)25-22)9-10-21(28)23-11-8-14-26-12-6-5-7-13-26/h15-16H,5-14H2,1-4H3,(H,23,28). The van der Waals surface area contributed by atoms with Crippen molar-refractivity contribution in [3.05, 3.63) is 23.0 Å². The van der Waals surface area contributed by atoms with Gasteiger partial charge in [-0.15, -0.1) is 0 Å². The van der Waals surface area contributed by atoms with Crippen LogP contribution in [0.4, 0.5) is 0 Å². The lowest BCUT2D eigenvalue weighted by atomic mass is 10.0. The molecule has 0 aromatic carbocycles. The van der Waals surface area contributed by atoms with Crippen LogP contribution in [0, 0.1) is 13.8 Å². The second-order valence-electron chi connectivity index (χ2n) is 8.33. The molecule has 0 bridgehead atoms. The molecule has 1 N–H and O–H groups in total. The number of aryl methyl sites for hydroxylation is 2. The Labute approximate surface area is 168 Å². The van der Waals surface area contributed by atoms with E-state index in [1.807, 2.05) is 17.8 Å². The molecule has 6 heteroatoms. The van der Waals surface area contributed by atoms with E-state index in [4.69, 9.17) is 4.98 Å². The maximum Gasteiger partial charge on any atom is 0.220 e. The van der Waals surface area contributed by atoms with Crippen molar-refractivity contribution in [3.8, 4) is 0 Å². The largest absolute Gasteiger partial charge is 0.356 e. The van der Waals surface area contributed by atoms with Crippen LogP contribution in [0.1, 0.15) is 68.8 Å². The quantitative estimate of drug-likeness (QED) is 0.706. The van der Waals surface area contributed by atoms with E-state index >= 15 is 0 Å². The number of aromatic nitrogens is 3. The molecular formula is C22H35N5O. The first-order valence-corrected chi connectivity index (χ1v) is 10.8. The lowest BCUT2D eigenvalue weighted by Gasteiger charge is -2.26. The smallest absolute Gasteiger partial charge is 0.220 e. The highest BCUT2D eigenvalue weighted by atomic mass is 16.1. The average molecular weight is 386 g/mol. The summed E-state index contributed by atoms with van der Waals surface area (Å²) in [5.74, 6) is 0.135. The van der Waals surface area contributed by atoms with E-state index in [0.717, 1.165) is 42.7 Å². The molecule has 1 fully saturated rings. The fourth-order valence-corrected chi connectivity index (χ4v) is 4.18. The number of nitrogens with one attached hydrogen (secondary N) is 1. The number of hydrogen-bond acceptors (Lipinski definition) is 4. The number of carbonyl (C=O) groups excluding carboxylic acids is 1. The van der Waals surface area contributed by atoms with Gasteiger partial charge in [0.15, 0.2) is 5.65 Å². The highest BCUT2D eigenvalue weighted by molar-refractivity contribution is 5.81. The van der Waals surface area contributed by atoms with Crippen LogP contribution >= 0.6 is 0 Å². The lowest BCUT2D eigenvalue weighted by molar-refractivity contribution is -0.121. The minimum atomic E-state index is 0.135. The van der Waals surface area contributed by atoms with Gasteiger partial charge in [-0.05, 0) is 84.1 Å². The molecule has 0 aliphatic carbocycles. The highest BCUT2D eigenvalue weighted by Crippen LogP contribution is 2.25. The van der Waals surface area contributed by atoms with Gasteiger partial charge in [0.25, 0.3) is 0 Å². The van der Waals surface area contributed by atoms with Gasteiger partial charge in [0.05, 0.1) is 6.20 Å². The Morgan fingerprint density at radius 3 is 2.68 bits per heavy atom. The number of amides is 1. The average Bonchev–Trinajstić information content (AvgIpc) is 3.10. The van der Waals surface area contributed by atoms with Crippen molar-refractivity contribution in [2.45, 2.75) is 72.3 Å². The summed E-state index contributed by atoms with van der Waals surface area (Å²) in [6.45, 7) is 12.7. The molecule has 28 heavy (non-hydrogen) atoms. The monoisotopic (exact) mass is 385 g/mol. The first kappa shape index (κ1) is 20.8. The Morgan fingerprint density at radius 1 is 1.21 bits per heavy atom. The van der Waals surface area contributed by atoms with Crippen molar-refractivity contribution in [3.63, 3.8) is 0 Å². The minimum absolute atomic E-state index is 0.135. The number of carbonyl (C=O) groups is 1. The molecule has 0 atom stereocenters. The molecular weight excluding hydrogens is 350 g/mol. The Morgan fingerprint density at radius 2 is 1.96 bits per heavy atom. The Bertz CT molecular complexity index is 805. The van der Waals surface area contributed by atoms with Crippen LogP contribution in [0.5, 0.6) is 0 Å². The van der Waals surface area contributed by atoms with Gasteiger partial charge < -0.3 is 10.2 Å². The van der Waals surface area contributed by atoms with E-state index in [0.29, 0.717) is 6.42 Å². The molecule has 154 valence electrons. The molecule has 3 rings (SSSR count). The Kier molecular flexibility index (Phi) is 7.05. The zero-order chi connectivity index (χ0) is 20.1. The molecule has 0 radical (unpaired) electrons. The number of pyridine rings is 1. The SMILES string of the molecule is Cc1nc2c(cnn2C(C)C)c(C)c1CCC(=O)NCCCN1CCCCC1. The Balaban J connectivity index is 1.51. The van der Waals surface area contributed by atoms with Gasteiger partial charge >= 0.3 is 0 Å². The van der Waals surface area contributed by atoms with Gasteiger partial charge in [0.2, 0.25) is 5.91 Å². The van der Waals surface area contributed by atoms with Crippen LogP contribution in [0.2, 0.25) is 0 Å². The van der Waals surface area contributed by atoms with Crippen molar-refractivity contribution in [2.75, 3.05) is 26.2 Å². The zero-order valence-corrected chi connectivity index (χ0v) is 17.9. The molecule has 3 heterocycles. The molecule has 2 aromatic rings. The lowest BCUT2D eigenvalue weighted by Crippen LogP contribution is -2.33. The number of hydrogen-bond donors (Lipinski definition) is 1. The van der Waals surface area contributed by atoms with E-state index < -0.39 is 0 Å². The van der Waals surface area contributed by atoms with Crippen molar-refractivity contribution < 1.29 is 4.79 Å². The molecule has 1 amide bonds. The maximum atomic E-state index is 12.3. The second kappa shape index (κ2) is 9.50. The van der Waals surface area contributed by atoms with Gasteiger partial charge in [-0.2, -0.15) is 5.10 Å². The van der Waals surface area contributed by atoms with Gasteiger partial charge in [-0.3, -0.25) is 4.79 Å². The molecule has 6 nitrogen and oxygen atoms in total.